The Balaban J connectivity index is 3.52. The summed E-state index contributed by atoms with van der Waals surface area (Å²) in [5, 5.41) is 10.4. The van der Waals surface area contributed by atoms with Crippen LogP contribution in [-0.4, -0.2) is 23.1 Å². The van der Waals surface area contributed by atoms with Crippen molar-refractivity contribution in [2.24, 2.45) is 10.3 Å². The fraction of sp³-hybridized carbons (Fsp3) is 0.143. The summed E-state index contributed by atoms with van der Waals surface area (Å²) in [6, 6.07) is 1.77. The minimum Gasteiger partial charge on any atom is -0.296 e. The minimum atomic E-state index is -4.91. The molecule has 7 nitrogen and oxygen atoms in total. The molecule has 0 aliphatic carbocycles. The van der Waals surface area contributed by atoms with Gasteiger partial charge in [-0.05, 0) is 18.2 Å². The monoisotopic (exact) mass is 319 g/mol. The first-order chi connectivity index (χ1) is 8.31. The third-order valence-corrected chi connectivity index (χ3v) is 3.73. The predicted octanol–water partition coefficient (Wildman–Crippen LogP) is -0.0869. The van der Waals surface area contributed by atoms with Gasteiger partial charge in [-0.2, -0.15) is 13.2 Å². The number of primary sulfonamides is 2. The first-order valence-corrected chi connectivity index (χ1v) is 7.44. The molecule has 0 heterocycles. The normalized spacial score (nSPS) is 13.3. The Hall–Kier alpha value is -1.37. The predicted molar refractivity (Wildman–Crippen MR) is 58.9 cm³/mol. The van der Waals surface area contributed by atoms with E-state index in [0.717, 1.165) is 11.4 Å². The van der Waals surface area contributed by atoms with E-state index in [2.05, 4.69) is 0 Å². The molecule has 1 aromatic carbocycles. The van der Waals surface area contributed by atoms with Crippen molar-refractivity contribution in [1.82, 2.24) is 0 Å². The largest absolute Gasteiger partial charge is 0.482 e. The summed E-state index contributed by atoms with van der Waals surface area (Å²) in [4.78, 5) is -1.71. The number of halogens is 3. The highest BCUT2D eigenvalue weighted by molar-refractivity contribution is 7.90. The molecule has 108 valence electrons. The molecule has 0 radical (unpaired) electrons. The average Bonchev–Trinajstić information content (AvgIpc) is 2.11. The summed E-state index contributed by atoms with van der Waals surface area (Å²) in [5.74, 6) is 0. The van der Waals surface area contributed by atoms with Crippen LogP contribution in [0.25, 0.3) is 0 Å². The number of anilines is 1. The van der Waals surface area contributed by atoms with Crippen LogP contribution in [0.4, 0.5) is 18.9 Å². The van der Waals surface area contributed by atoms with Gasteiger partial charge in [-0.15, -0.1) is 0 Å². The van der Waals surface area contributed by atoms with E-state index >= 15 is 0 Å². The van der Waals surface area contributed by atoms with Crippen molar-refractivity contribution in [1.29, 1.82) is 0 Å². The number of nitrogens with two attached hydrogens (primary N) is 2. The highest BCUT2D eigenvalue weighted by Gasteiger charge is 2.30. The topological polar surface area (TPSA) is 132 Å². The van der Waals surface area contributed by atoms with E-state index in [9.17, 15) is 30.0 Å². The standard InChI is InChI=1S/C7H8F3N3O4S2/c8-7(9,10)13-5-2-1-4(18(11,14)15)3-6(5)19(12,16)17/h1-3,13H,(H2,11,14,15)(H2,12,16,17). The SMILES string of the molecule is NS(=O)(=O)c1ccc(NC(F)(F)F)c(S(N)(=O)=O)c1. The second-order valence-electron chi connectivity index (χ2n) is 3.37. The van der Waals surface area contributed by atoms with Gasteiger partial charge >= 0.3 is 6.30 Å². The Bertz CT molecular complexity index is 697. The van der Waals surface area contributed by atoms with Gasteiger partial charge in [0.25, 0.3) is 0 Å². The van der Waals surface area contributed by atoms with Crippen LogP contribution < -0.4 is 15.6 Å². The molecular formula is C7H8F3N3O4S2. The quantitative estimate of drug-likeness (QED) is 0.670. The molecule has 0 saturated heterocycles. The Morgan fingerprint density at radius 2 is 1.53 bits per heavy atom. The number of rotatable bonds is 3. The molecule has 5 N–H and O–H groups in total. The first kappa shape index (κ1) is 15.7. The van der Waals surface area contributed by atoms with Crippen molar-refractivity contribution < 1.29 is 30.0 Å². The summed E-state index contributed by atoms with van der Waals surface area (Å²) in [5.41, 5.74) is -0.901. The second-order valence-corrected chi connectivity index (χ2v) is 6.46. The molecule has 0 unspecified atom stereocenters. The van der Waals surface area contributed by atoms with Crippen LogP contribution in [0.5, 0.6) is 0 Å². The zero-order chi connectivity index (χ0) is 15.1. The number of nitrogens with one attached hydrogen (secondary N) is 1. The minimum absolute atomic E-state index is 0.443. The fourth-order valence-electron chi connectivity index (χ4n) is 1.17. The average molecular weight is 319 g/mol. The van der Waals surface area contributed by atoms with Crippen LogP contribution in [0, 0.1) is 0 Å². The smallest absolute Gasteiger partial charge is 0.296 e. The highest BCUT2D eigenvalue weighted by atomic mass is 32.2. The lowest BCUT2D eigenvalue weighted by molar-refractivity contribution is -0.100. The van der Waals surface area contributed by atoms with Gasteiger partial charge in [0, 0.05) is 0 Å². The van der Waals surface area contributed by atoms with E-state index in [1.165, 1.54) is 0 Å². The Labute approximate surface area is 106 Å². The molecule has 19 heavy (non-hydrogen) atoms. The molecule has 0 aromatic heterocycles. The molecule has 1 rings (SSSR count). The molecular weight excluding hydrogens is 311 g/mol. The maximum atomic E-state index is 12.2. The van der Waals surface area contributed by atoms with Crippen LogP contribution in [0.2, 0.25) is 0 Å². The molecule has 0 aliphatic rings. The number of hydrogen-bond acceptors (Lipinski definition) is 5. The van der Waals surface area contributed by atoms with E-state index in [1.54, 1.807) is 0 Å². The van der Waals surface area contributed by atoms with E-state index in [4.69, 9.17) is 10.3 Å². The number of benzene rings is 1. The lowest BCUT2D eigenvalue weighted by atomic mass is 10.3. The molecule has 0 spiro atoms. The lowest BCUT2D eigenvalue weighted by Crippen LogP contribution is -2.24. The van der Waals surface area contributed by atoms with Gasteiger partial charge in [0.15, 0.2) is 0 Å². The van der Waals surface area contributed by atoms with Crippen molar-refractivity contribution in [2.75, 3.05) is 5.32 Å². The van der Waals surface area contributed by atoms with Crippen molar-refractivity contribution in [3.63, 3.8) is 0 Å². The van der Waals surface area contributed by atoms with Gasteiger partial charge in [0.05, 0.1) is 10.6 Å². The second kappa shape index (κ2) is 4.63. The zero-order valence-electron chi connectivity index (χ0n) is 8.97. The third-order valence-electron chi connectivity index (χ3n) is 1.86. The Morgan fingerprint density at radius 3 is 1.89 bits per heavy atom. The molecule has 0 atom stereocenters. The highest BCUT2D eigenvalue weighted by Crippen LogP contribution is 2.28. The Kier molecular flexibility index (Phi) is 3.82. The third kappa shape index (κ3) is 4.34. The maximum absolute atomic E-state index is 12.2. The van der Waals surface area contributed by atoms with E-state index in [-0.39, 0.29) is 0 Å². The molecule has 12 heteroatoms. The fourth-order valence-corrected chi connectivity index (χ4v) is 2.50. The van der Waals surface area contributed by atoms with Crippen LogP contribution in [-0.2, 0) is 20.0 Å². The van der Waals surface area contributed by atoms with Gasteiger partial charge in [-0.1, -0.05) is 0 Å². The maximum Gasteiger partial charge on any atom is 0.482 e. The van der Waals surface area contributed by atoms with Gasteiger partial charge in [-0.3, -0.25) is 5.32 Å². The summed E-state index contributed by atoms with van der Waals surface area (Å²) in [6.07, 6.45) is -4.91. The summed E-state index contributed by atoms with van der Waals surface area (Å²) < 4.78 is 80.8. The van der Waals surface area contributed by atoms with Crippen molar-refractivity contribution in [3.05, 3.63) is 18.2 Å². The lowest BCUT2D eigenvalue weighted by Gasteiger charge is -2.13. The van der Waals surface area contributed by atoms with Crippen molar-refractivity contribution in [2.45, 2.75) is 16.1 Å². The first-order valence-electron chi connectivity index (χ1n) is 4.35. The van der Waals surface area contributed by atoms with Crippen LogP contribution in [0.3, 0.4) is 0 Å². The van der Waals surface area contributed by atoms with Crippen molar-refractivity contribution in [3.8, 4) is 0 Å². The molecule has 0 amide bonds. The number of alkyl halides is 3. The molecule has 1 aromatic rings. The summed E-state index contributed by atoms with van der Waals surface area (Å²) in [7, 11) is -8.85. The van der Waals surface area contributed by atoms with E-state index in [0.29, 0.717) is 12.1 Å². The van der Waals surface area contributed by atoms with Crippen molar-refractivity contribution >= 4 is 25.7 Å². The number of hydrogen-bond donors (Lipinski definition) is 3. The number of sulfonamides is 2. The van der Waals surface area contributed by atoms with Crippen LogP contribution >= 0.6 is 0 Å². The van der Waals surface area contributed by atoms with Gasteiger partial charge < -0.3 is 0 Å². The molecule has 0 saturated carbocycles. The van der Waals surface area contributed by atoms with Gasteiger partial charge in [0.2, 0.25) is 20.0 Å². The zero-order valence-corrected chi connectivity index (χ0v) is 10.6. The molecule has 0 bridgehead atoms. The summed E-state index contributed by atoms with van der Waals surface area (Å²) in [6.45, 7) is 0. The van der Waals surface area contributed by atoms with Crippen LogP contribution in [0.1, 0.15) is 0 Å². The summed E-state index contributed by atoms with van der Waals surface area (Å²) >= 11 is 0. The van der Waals surface area contributed by atoms with Gasteiger partial charge in [-0.25, -0.2) is 27.1 Å². The van der Waals surface area contributed by atoms with E-state index < -0.39 is 41.8 Å². The molecule has 0 fully saturated rings. The van der Waals surface area contributed by atoms with Crippen LogP contribution in [0.15, 0.2) is 28.0 Å². The Morgan fingerprint density at radius 1 is 1.00 bits per heavy atom. The van der Waals surface area contributed by atoms with Gasteiger partial charge in [0.1, 0.15) is 4.90 Å². The van der Waals surface area contributed by atoms with E-state index in [1.807, 2.05) is 0 Å². The molecule has 0 aliphatic heterocycles.